The Hall–Kier alpha value is -3.67. The van der Waals surface area contributed by atoms with Gasteiger partial charge in [0.1, 0.15) is 12.4 Å². The van der Waals surface area contributed by atoms with E-state index < -0.39 is 0 Å². The first-order valence-electron chi connectivity index (χ1n) is 9.71. The fraction of sp³-hybridized carbons (Fsp3) is 0.208. The van der Waals surface area contributed by atoms with Crippen molar-refractivity contribution in [2.75, 3.05) is 26.1 Å². The monoisotopic (exact) mass is 406 g/mol. The highest BCUT2D eigenvalue weighted by atomic mass is 16.5. The predicted octanol–water partition coefficient (Wildman–Crippen LogP) is 4.65. The van der Waals surface area contributed by atoms with Crippen molar-refractivity contribution in [2.45, 2.75) is 13.0 Å². The zero-order chi connectivity index (χ0) is 21.2. The van der Waals surface area contributed by atoms with Crippen LogP contribution in [0.15, 0.2) is 72.8 Å². The second kappa shape index (κ2) is 10.8. The molecule has 30 heavy (non-hydrogen) atoms. The minimum Gasteiger partial charge on any atom is -0.493 e. The number of carbonyl (C=O) groups excluding carboxylic acids is 1. The highest BCUT2D eigenvalue weighted by Crippen LogP contribution is 2.27. The van der Waals surface area contributed by atoms with E-state index in [2.05, 4.69) is 10.6 Å². The molecule has 0 spiro atoms. The van der Waals surface area contributed by atoms with Gasteiger partial charge in [-0.05, 0) is 42.3 Å². The number of nitrogens with one attached hydrogen (secondary N) is 2. The van der Waals surface area contributed by atoms with Gasteiger partial charge in [-0.3, -0.25) is 0 Å². The maximum Gasteiger partial charge on any atom is 0.319 e. The molecule has 3 aromatic rings. The number of hydrogen-bond acceptors (Lipinski definition) is 4. The molecule has 0 radical (unpaired) electrons. The summed E-state index contributed by atoms with van der Waals surface area (Å²) < 4.78 is 16.4. The zero-order valence-electron chi connectivity index (χ0n) is 17.2. The van der Waals surface area contributed by atoms with Crippen molar-refractivity contribution in [3.8, 4) is 17.2 Å². The molecular formula is C24H26N2O4. The van der Waals surface area contributed by atoms with Gasteiger partial charge >= 0.3 is 6.03 Å². The molecular weight excluding hydrogens is 380 g/mol. The largest absolute Gasteiger partial charge is 0.493 e. The van der Waals surface area contributed by atoms with Crippen LogP contribution in [0.25, 0.3) is 0 Å². The van der Waals surface area contributed by atoms with Crippen LogP contribution in [0, 0.1) is 0 Å². The van der Waals surface area contributed by atoms with Gasteiger partial charge in [0.25, 0.3) is 0 Å². The lowest BCUT2D eigenvalue weighted by molar-refractivity contribution is 0.252. The van der Waals surface area contributed by atoms with E-state index in [0.29, 0.717) is 31.1 Å². The summed E-state index contributed by atoms with van der Waals surface area (Å²) in [5, 5.41) is 5.78. The number of urea groups is 1. The average Bonchev–Trinajstić information content (AvgIpc) is 2.79. The zero-order valence-corrected chi connectivity index (χ0v) is 17.2. The molecule has 0 atom stereocenters. The second-order valence-electron chi connectivity index (χ2n) is 6.58. The van der Waals surface area contributed by atoms with Crippen molar-refractivity contribution in [1.29, 1.82) is 0 Å². The Morgan fingerprint density at radius 3 is 2.37 bits per heavy atom. The minimum atomic E-state index is -0.261. The maximum atomic E-state index is 12.3. The highest BCUT2D eigenvalue weighted by molar-refractivity contribution is 5.90. The molecule has 3 rings (SSSR count). The third kappa shape index (κ3) is 5.91. The van der Waals surface area contributed by atoms with E-state index >= 15 is 0 Å². The van der Waals surface area contributed by atoms with E-state index in [1.165, 1.54) is 0 Å². The fourth-order valence-electron chi connectivity index (χ4n) is 2.97. The smallest absolute Gasteiger partial charge is 0.319 e. The Kier molecular flexibility index (Phi) is 7.55. The Morgan fingerprint density at radius 1 is 0.867 bits per heavy atom. The van der Waals surface area contributed by atoms with Crippen LogP contribution in [0.2, 0.25) is 0 Å². The Morgan fingerprint density at radius 2 is 1.60 bits per heavy atom. The van der Waals surface area contributed by atoms with Crippen molar-refractivity contribution >= 4 is 11.7 Å². The molecule has 0 aromatic heterocycles. The first kappa shape index (κ1) is 21.0. The molecule has 2 N–H and O–H groups in total. The summed E-state index contributed by atoms with van der Waals surface area (Å²) in [5.41, 5.74) is 2.66. The summed E-state index contributed by atoms with van der Waals surface area (Å²) in [4.78, 5) is 12.3. The van der Waals surface area contributed by atoms with Gasteiger partial charge in [0.2, 0.25) is 0 Å². The van der Waals surface area contributed by atoms with Gasteiger partial charge in [0, 0.05) is 17.8 Å². The van der Waals surface area contributed by atoms with Crippen molar-refractivity contribution < 1.29 is 19.0 Å². The number of amides is 2. The van der Waals surface area contributed by atoms with Gasteiger partial charge in [-0.1, -0.05) is 42.5 Å². The van der Waals surface area contributed by atoms with E-state index in [-0.39, 0.29) is 6.03 Å². The molecule has 6 nitrogen and oxygen atoms in total. The van der Waals surface area contributed by atoms with Crippen LogP contribution in [0.3, 0.4) is 0 Å². The standard InChI is InChI=1S/C24H26N2O4/c1-28-22-13-12-18(16-23(22)29-2)14-15-25-24(27)26-21-11-7-6-8-19(21)17-30-20-9-4-3-5-10-20/h3-13,16H,14-15,17H2,1-2H3,(H2,25,26,27). The third-order valence-corrected chi connectivity index (χ3v) is 4.55. The Balaban J connectivity index is 1.51. The third-order valence-electron chi connectivity index (χ3n) is 4.55. The van der Waals surface area contributed by atoms with Crippen LogP contribution in [-0.4, -0.2) is 26.8 Å². The number of ether oxygens (including phenoxy) is 3. The topological polar surface area (TPSA) is 68.8 Å². The number of anilines is 1. The number of carbonyl (C=O) groups is 1. The van der Waals surface area contributed by atoms with E-state index in [1.54, 1.807) is 14.2 Å². The lowest BCUT2D eigenvalue weighted by Gasteiger charge is -2.13. The quantitative estimate of drug-likeness (QED) is 0.543. The highest BCUT2D eigenvalue weighted by Gasteiger charge is 2.08. The van der Waals surface area contributed by atoms with Gasteiger partial charge < -0.3 is 24.8 Å². The van der Waals surface area contributed by atoms with E-state index in [9.17, 15) is 4.79 Å². The first-order chi connectivity index (χ1) is 14.7. The number of rotatable bonds is 9. The summed E-state index contributed by atoms with van der Waals surface area (Å²) in [5.74, 6) is 2.14. The molecule has 0 bridgehead atoms. The van der Waals surface area contributed by atoms with Crippen molar-refractivity contribution in [2.24, 2.45) is 0 Å². The van der Waals surface area contributed by atoms with Crippen molar-refractivity contribution in [1.82, 2.24) is 5.32 Å². The fourth-order valence-corrected chi connectivity index (χ4v) is 2.97. The maximum absolute atomic E-state index is 12.3. The predicted molar refractivity (Wildman–Crippen MR) is 117 cm³/mol. The lowest BCUT2D eigenvalue weighted by Crippen LogP contribution is -2.30. The molecule has 3 aromatic carbocycles. The number of benzene rings is 3. The average molecular weight is 406 g/mol. The molecule has 6 heteroatoms. The van der Waals surface area contributed by atoms with Gasteiger partial charge in [-0.15, -0.1) is 0 Å². The molecule has 0 saturated heterocycles. The van der Waals surface area contributed by atoms with Crippen LogP contribution in [0.4, 0.5) is 10.5 Å². The molecule has 0 aliphatic heterocycles. The molecule has 0 saturated carbocycles. The summed E-state index contributed by atoms with van der Waals surface area (Å²) >= 11 is 0. The molecule has 2 amide bonds. The van der Waals surface area contributed by atoms with Crippen LogP contribution >= 0.6 is 0 Å². The summed E-state index contributed by atoms with van der Waals surface area (Å²) in [7, 11) is 3.21. The van der Waals surface area contributed by atoms with Crippen LogP contribution in [0.5, 0.6) is 17.2 Å². The summed E-state index contributed by atoms with van der Waals surface area (Å²) in [6.07, 6.45) is 0.673. The first-order valence-corrected chi connectivity index (χ1v) is 9.71. The van der Waals surface area contributed by atoms with Crippen LogP contribution < -0.4 is 24.8 Å². The van der Waals surface area contributed by atoms with Gasteiger partial charge in [0.05, 0.1) is 14.2 Å². The Bertz CT molecular complexity index is 960. The molecule has 0 aliphatic rings. The van der Waals surface area contributed by atoms with Crippen LogP contribution in [-0.2, 0) is 13.0 Å². The normalized spacial score (nSPS) is 10.2. The van der Waals surface area contributed by atoms with Crippen molar-refractivity contribution in [3.05, 3.63) is 83.9 Å². The number of hydrogen-bond donors (Lipinski definition) is 2. The SMILES string of the molecule is COc1ccc(CCNC(=O)Nc2ccccc2COc2ccccc2)cc1OC. The van der Waals surface area contributed by atoms with Crippen molar-refractivity contribution in [3.63, 3.8) is 0 Å². The molecule has 0 heterocycles. The lowest BCUT2D eigenvalue weighted by atomic mass is 10.1. The molecule has 156 valence electrons. The van der Waals surface area contributed by atoms with E-state index in [0.717, 1.165) is 22.6 Å². The summed E-state index contributed by atoms with van der Waals surface area (Å²) in [6.45, 7) is 0.857. The molecule has 0 aliphatic carbocycles. The van der Waals surface area contributed by atoms with E-state index in [4.69, 9.17) is 14.2 Å². The number of para-hydroxylation sites is 2. The van der Waals surface area contributed by atoms with Crippen LogP contribution in [0.1, 0.15) is 11.1 Å². The molecule has 0 unspecified atom stereocenters. The number of methoxy groups -OCH3 is 2. The molecule has 0 fully saturated rings. The van der Waals surface area contributed by atoms with Gasteiger partial charge in [-0.25, -0.2) is 4.79 Å². The minimum absolute atomic E-state index is 0.261. The second-order valence-corrected chi connectivity index (χ2v) is 6.58. The Labute approximate surface area is 176 Å². The summed E-state index contributed by atoms with van der Waals surface area (Å²) in [6, 6.07) is 22.6. The van der Waals surface area contributed by atoms with E-state index in [1.807, 2.05) is 72.8 Å². The van der Waals surface area contributed by atoms with Gasteiger partial charge in [-0.2, -0.15) is 0 Å². The van der Waals surface area contributed by atoms with Gasteiger partial charge in [0.15, 0.2) is 11.5 Å².